The number of aromatic hydroxyl groups is 1. The van der Waals surface area contributed by atoms with Crippen LogP contribution in [0.1, 0.15) is 10.5 Å². The number of amides is 2. The third-order valence-corrected chi connectivity index (χ3v) is 4.49. The predicted octanol–water partition coefficient (Wildman–Crippen LogP) is -0.950. The van der Waals surface area contributed by atoms with Crippen LogP contribution in [0.5, 0.6) is 5.75 Å². The molecule has 3 rings (SSSR count). The van der Waals surface area contributed by atoms with E-state index in [4.69, 9.17) is 4.74 Å². The summed E-state index contributed by atoms with van der Waals surface area (Å²) in [5, 5.41) is 12.6. The van der Waals surface area contributed by atoms with E-state index in [1.54, 1.807) is 0 Å². The SMILES string of the molecule is COC(=O)c1nc2c(NC(=O)C(=O)N(C)C)cc(N3CCOCC3)cn2c(=O)c1O. The third-order valence-electron chi connectivity index (χ3n) is 4.49. The highest BCUT2D eigenvalue weighted by atomic mass is 16.5. The van der Waals surface area contributed by atoms with Crippen molar-refractivity contribution < 1.29 is 29.0 Å². The van der Waals surface area contributed by atoms with E-state index in [0.29, 0.717) is 32.0 Å². The molecule has 0 saturated carbocycles. The summed E-state index contributed by atoms with van der Waals surface area (Å²) in [6.45, 7) is 2.00. The first-order valence-corrected chi connectivity index (χ1v) is 8.97. The van der Waals surface area contributed by atoms with Crippen LogP contribution in [0.2, 0.25) is 0 Å². The molecule has 2 N–H and O–H groups in total. The molecule has 160 valence electrons. The molecule has 30 heavy (non-hydrogen) atoms. The summed E-state index contributed by atoms with van der Waals surface area (Å²) >= 11 is 0. The van der Waals surface area contributed by atoms with Crippen molar-refractivity contribution in [3.63, 3.8) is 0 Å². The number of pyridine rings is 1. The molecule has 2 aromatic heterocycles. The smallest absolute Gasteiger partial charge is 0.360 e. The molecule has 12 nitrogen and oxygen atoms in total. The van der Waals surface area contributed by atoms with Gasteiger partial charge in [0.25, 0.3) is 0 Å². The topological polar surface area (TPSA) is 143 Å². The summed E-state index contributed by atoms with van der Waals surface area (Å²) in [4.78, 5) is 56.0. The quantitative estimate of drug-likeness (QED) is 0.475. The lowest BCUT2D eigenvalue weighted by Gasteiger charge is -2.29. The highest BCUT2D eigenvalue weighted by Gasteiger charge is 2.24. The third kappa shape index (κ3) is 3.89. The number of nitrogens with one attached hydrogen (secondary N) is 1. The van der Waals surface area contributed by atoms with Crippen molar-refractivity contribution in [2.45, 2.75) is 0 Å². The van der Waals surface area contributed by atoms with Crippen LogP contribution < -0.4 is 15.8 Å². The minimum atomic E-state index is -1.02. The molecule has 2 aromatic rings. The molecule has 0 aromatic carbocycles. The van der Waals surface area contributed by atoms with Gasteiger partial charge in [-0.1, -0.05) is 0 Å². The maximum absolute atomic E-state index is 12.7. The first-order valence-electron chi connectivity index (χ1n) is 8.97. The lowest BCUT2D eigenvalue weighted by Crippen LogP contribution is -2.37. The molecule has 0 aliphatic carbocycles. The van der Waals surface area contributed by atoms with Crippen molar-refractivity contribution in [2.75, 3.05) is 57.7 Å². The Kier molecular flexibility index (Phi) is 5.87. The minimum absolute atomic E-state index is 0.0152. The second-order valence-electron chi connectivity index (χ2n) is 6.66. The molecule has 0 radical (unpaired) electrons. The summed E-state index contributed by atoms with van der Waals surface area (Å²) in [5.41, 5.74) is -1.11. The molecule has 12 heteroatoms. The molecule has 3 heterocycles. The van der Waals surface area contributed by atoms with Gasteiger partial charge in [-0.3, -0.25) is 18.8 Å². The number of carbonyl (C=O) groups is 3. The number of aromatic nitrogens is 2. The molecule has 2 amide bonds. The highest BCUT2D eigenvalue weighted by molar-refractivity contribution is 6.39. The lowest BCUT2D eigenvalue weighted by atomic mass is 10.2. The van der Waals surface area contributed by atoms with E-state index in [-0.39, 0.29) is 11.3 Å². The predicted molar refractivity (Wildman–Crippen MR) is 105 cm³/mol. The normalized spacial score (nSPS) is 13.8. The fraction of sp³-hybridized carbons (Fsp3) is 0.389. The number of likely N-dealkylation sites (N-methyl/N-ethyl adjacent to an activating group) is 1. The molecule has 0 spiro atoms. The molecule has 0 unspecified atom stereocenters. The summed E-state index contributed by atoms with van der Waals surface area (Å²) in [6.07, 6.45) is 1.43. The van der Waals surface area contributed by atoms with Crippen LogP contribution in [0.4, 0.5) is 11.4 Å². The van der Waals surface area contributed by atoms with Gasteiger partial charge in [0, 0.05) is 33.4 Å². The Morgan fingerprint density at radius 3 is 2.53 bits per heavy atom. The van der Waals surface area contributed by atoms with Crippen molar-refractivity contribution in [3.05, 3.63) is 28.3 Å². The zero-order chi connectivity index (χ0) is 22.0. The summed E-state index contributed by atoms with van der Waals surface area (Å²) in [7, 11) is 3.91. The van der Waals surface area contributed by atoms with Gasteiger partial charge in [-0.05, 0) is 6.07 Å². The summed E-state index contributed by atoms with van der Waals surface area (Å²) in [5.74, 6) is -3.69. The number of methoxy groups -OCH3 is 1. The van der Waals surface area contributed by atoms with Crippen molar-refractivity contribution in [3.8, 4) is 5.75 Å². The highest BCUT2D eigenvalue weighted by Crippen LogP contribution is 2.25. The summed E-state index contributed by atoms with van der Waals surface area (Å²) in [6, 6.07) is 1.53. The van der Waals surface area contributed by atoms with E-state index >= 15 is 0 Å². The minimum Gasteiger partial charge on any atom is -0.501 e. The van der Waals surface area contributed by atoms with Crippen LogP contribution in [-0.2, 0) is 19.1 Å². The molecule has 1 fully saturated rings. The number of carbonyl (C=O) groups excluding carboxylic acids is 3. The Bertz CT molecular complexity index is 1070. The van der Waals surface area contributed by atoms with Crippen molar-refractivity contribution in [1.29, 1.82) is 0 Å². The van der Waals surface area contributed by atoms with Gasteiger partial charge in [-0.15, -0.1) is 0 Å². The molecular weight excluding hydrogens is 398 g/mol. The lowest BCUT2D eigenvalue weighted by molar-refractivity contribution is -0.141. The number of esters is 1. The van der Waals surface area contributed by atoms with Gasteiger partial charge in [0.2, 0.25) is 5.75 Å². The number of hydrogen-bond donors (Lipinski definition) is 2. The van der Waals surface area contributed by atoms with Gasteiger partial charge >= 0.3 is 23.3 Å². The number of fused-ring (bicyclic) bond motifs is 1. The second kappa shape index (κ2) is 8.37. The van der Waals surface area contributed by atoms with Gasteiger partial charge in [-0.2, -0.15) is 0 Å². The molecule has 0 atom stereocenters. The van der Waals surface area contributed by atoms with E-state index < -0.39 is 34.8 Å². The molecule has 1 aliphatic rings. The van der Waals surface area contributed by atoms with E-state index in [9.17, 15) is 24.3 Å². The number of ether oxygens (including phenoxy) is 2. The fourth-order valence-corrected chi connectivity index (χ4v) is 2.92. The molecular formula is C18H21N5O7. The van der Waals surface area contributed by atoms with E-state index in [1.807, 2.05) is 4.90 Å². The van der Waals surface area contributed by atoms with Crippen LogP contribution in [0.3, 0.4) is 0 Å². The average molecular weight is 419 g/mol. The van der Waals surface area contributed by atoms with Gasteiger partial charge in [-0.25, -0.2) is 9.78 Å². The first kappa shape index (κ1) is 21.0. The average Bonchev–Trinajstić information content (AvgIpc) is 2.75. The Labute approximate surface area is 170 Å². The van der Waals surface area contributed by atoms with Crippen LogP contribution in [-0.4, -0.2) is 84.7 Å². The van der Waals surface area contributed by atoms with Crippen LogP contribution in [0.15, 0.2) is 17.1 Å². The molecule has 1 saturated heterocycles. The fourth-order valence-electron chi connectivity index (χ4n) is 2.92. The number of morpholine rings is 1. The van der Waals surface area contributed by atoms with Gasteiger partial charge in [0.05, 0.1) is 31.7 Å². The van der Waals surface area contributed by atoms with E-state index in [1.165, 1.54) is 26.4 Å². The Morgan fingerprint density at radius 2 is 1.93 bits per heavy atom. The Balaban J connectivity index is 2.21. The van der Waals surface area contributed by atoms with Crippen molar-refractivity contribution >= 4 is 34.8 Å². The largest absolute Gasteiger partial charge is 0.501 e. The van der Waals surface area contributed by atoms with Gasteiger partial charge in [0.15, 0.2) is 11.3 Å². The number of hydrogen-bond acceptors (Lipinski definition) is 9. The van der Waals surface area contributed by atoms with Crippen molar-refractivity contribution in [2.24, 2.45) is 0 Å². The van der Waals surface area contributed by atoms with E-state index in [2.05, 4.69) is 15.0 Å². The number of anilines is 2. The number of rotatable bonds is 3. The van der Waals surface area contributed by atoms with Gasteiger partial charge < -0.3 is 29.7 Å². The van der Waals surface area contributed by atoms with Crippen LogP contribution >= 0.6 is 0 Å². The van der Waals surface area contributed by atoms with Crippen molar-refractivity contribution in [1.82, 2.24) is 14.3 Å². The monoisotopic (exact) mass is 419 g/mol. The number of nitrogens with zero attached hydrogens (tertiary/aromatic N) is 4. The molecule has 1 aliphatic heterocycles. The second-order valence-corrected chi connectivity index (χ2v) is 6.66. The van der Waals surface area contributed by atoms with Gasteiger partial charge in [0.1, 0.15) is 0 Å². The maximum Gasteiger partial charge on any atom is 0.360 e. The maximum atomic E-state index is 12.7. The zero-order valence-corrected chi connectivity index (χ0v) is 16.7. The molecule has 0 bridgehead atoms. The van der Waals surface area contributed by atoms with Crippen LogP contribution in [0, 0.1) is 0 Å². The Morgan fingerprint density at radius 1 is 1.27 bits per heavy atom. The zero-order valence-electron chi connectivity index (χ0n) is 16.7. The van der Waals surface area contributed by atoms with Crippen LogP contribution in [0.25, 0.3) is 5.65 Å². The standard InChI is InChI=1S/C18H21N5O7/c1-21(2)17(27)15(25)19-11-8-10(22-4-6-30-7-5-22)9-23-14(11)20-12(18(28)29-3)13(24)16(23)26/h8-9,24H,4-7H2,1-3H3,(H,19,25). The Hall–Kier alpha value is -3.67. The van der Waals surface area contributed by atoms with E-state index in [0.717, 1.165) is 16.4 Å². The first-order chi connectivity index (χ1) is 14.2. The summed E-state index contributed by atoms with van der Waals surface area (Å²) < 4.78 is 10.9.